The third kappa shape index (κ3) is 4.66. The van der Waals surface area contributed by atoms with Crippen LogP contribution in [0.15, 0.2) is 12.1 Å². The van der Waals surface area contributed by atoms with Crippen LogP contribution in [0.25, 0.3) is 0 Å². The second-order valence-electron chi connectivity index (χ2n) is 4.20. The zero-order valence-electron chi connectivity index (χ0n) is 11.6. The van der Waals surface area contributed by atoms with Crippen molar-refractivity contribution in [2.24, 2.45) is 5.73 Å². The normalized spacial score (nSPS) is 11.4. The van der Waals surface area contributed by atoms with E-state index in [-0.39, 0.29) is 6.04 Å². The smallest absolute Gasteiger partial charge is 0.181 e. The molecule has 0 aromatic heterocycles. The Morgan fingerprint density at radius 1 is 1.42 bits per heavy atom. The van der Waals surface area contributed by atoms with Crippen molar-refractivity contribution in [3.05, 3.63) is 22.7 Å². The van der Waals surface area contributed by atoms with Crippen molar-refractivity contribution in [2.75, 3.05) is 13.7 Å². The molecule has 1 unspecified atom stereocenters. The van der Waals surface area contributed by atoms with E-state index in [2.05, 4.69) is 18.8 Å². The van der Waals surface area contributed by atoms with Gasteiger partial charge in [0, 0.05) is 6.04 Å². The quantitative estimate of drug-likeness (QED) is 0.815. The van der Waals surface area contributed by atoms with Gasteiger partial charge in [0.05, 0.1) is 12.1 Å². The molecular weight excluding hydrogens is 262 g/mol. The first-order valence-electron chi connectivity index (χ1n) is 6.26. The third-order valence-electron chi connectivity index (χ3n) is 2.78. The molecule has 0 radical (unpaired) electrons. The van der Waals surface area contributed by atoms with Gasteiger partial charge < -0.3 is 15.2 Å². The van der Waals surface area contributed by atoms with Crippen molar-refractivity contribution in [1.29, 1.82) is 0 Å². The number of benzene rings is 1. The predicted molar refractivity (Wildman–Crippen MR) is 78.9 cm³/mol. The monoisotopic (exact) mass is 281 g/mol. The van der Waals surface area contributed by atoms with Crippen LogP contribution in [0.1, 0.15) is 25.8 Å². The Kier molecular flexibility index (Phi) is 6.55. The first-order chi connectivity index (χ1) is 9.12. The van der Waals surface area contributed by atoms with Crippen molar-refractivity contribution in [3.8, 4) is 23.3 Å². The van der Waals surface area contributed by atoms with Crippen LogP contribution >= 0.6 is 11.6 Å². The number of nitrogens with two attached hydrogens (primary N) is 1. The molecule has 3 nitrogen and oxygen atoms in total. The summed E-state index contributed by atoms with van der Waals surface area (Å²) in [6, 6.07) is 3.91. The molecule has 0 saturated heterocycles. The van der Waals surface area contributed by atoms with Gasteiger partial charge in [-0.25, -0.2) is 0 Å². The highest BCUT2D eigenvalue weighted by Crippen LogP contribution is 2.36. The molecule has 1 rings (SSSR count). The second kappa shape index (κ2) is 7.93. The third-order valence-corrected chi connectivity index (χ3v) is 3.06. The summed E-state index contributed by atoms with van der Waals surface area (Å²) in [5, 5.41) is 0.524. The number of hydrogen-bond acceptors (Lipinski definition) is 3. The number of hydrogen-bond donors (Lipinski definition) is 1. The number of halogens is 1. The maximum absolute atomic E-state index is 6.22. The molecule has 0 saturated carbocycles. The molecule has 2 N–H and O–H groups in total. The predicted octanol–water partition coefficient (Wildman–Crippen LogP) is 3.03. The van der Waals surface area contributed by atoms with E-state index < -0.39 is 0 Å². The molecule has 1 aromatic rings. The Morgan fingerprint density at radius 3 is 2.74 bits per heavy atom. The van der Waals surface area contributed by atoms with Crippen molar-refractivity contribution in [3.63, 3.8) is 0 Å². The van der Waals surface area contributed by atoms with E-state index >= 15 is 0 Å². The number of methoxy groups -OCH3 is 1. The van der Waals surface area contributed by atoms with E-state index in [9.17, 15) is 0 Å². The van der Waals surface area contributed by atoms with Crippen molar-refractivity contribution >= 4 is 11.6 Å². The van der Waals surface area contributed by atoms with Gasteiger partial charge in [0.15, 0.2) is 11.5 Å². The Hall–Kier alpha value is -1.37. The van der Waals surface area contributed by atoms with Gasteiger partial charge in [0.1, 0.15) is 6.61 Å². The van der Waals surface area contributed by atoms with E-state index in [1.54, 1.807) is 14.0 Å². The molecule has 19 heavy (non-hydrogen) atoms. The maximum atomic E-state index is 6.22. The summed E-state index contributed by atoms with van der Waals surface area (Å²) < 4.78 is 10.8. The molecule has 0 bridgehead atoms. The minimum atomic E-state index is 0.124. The molecule has 0 aliphatic heterocycles. The lowest BCUT2D eigenvalue weighted by Crippen LogP contribution is -2.21. The standard InChI is InChI=1S/C15H20ClNO2/c1-4-6-7-19-15-13(16)9-11(8-12(17)5-2)10-14(15)18-3/h9-10,12H,5,7-8,17H2,1-3H3. The van der Waals surface area contributed by atoms with Crippen molar-refractivity contribution in [1.82, 2.24) is 0 Å². The lowest BCUT2D eigenvalue weighted by molar-refractivity contribution is 0.330. The van der Waals surface area contributed by atoms with Crippen LogP contribution in [0.2, 0.25) is 5.02 Å². The molecule has 0 spiro atoms. The van der Waals surface area contributed by atoms with Gasteiger partial charge in [-0.15, -0.1) is 5.92 Å². The highest BCUT2D eigenvalue weighted by Gasteiger charge is 2.13. The molecule has 0 aliphatic carbocycles. The highest BCUT2D eigenvalue weighted by atomic mass is 35.5. The zero-order chi connectivity index (χ0) is 14.3. The first-order valence-corrected chi connectivity index (χ1v) is 6.64. The average molecular weight is 282 g/mol. The maximum Gasteiger partial charge on any atom is 0.181 e. The van der Waals surface area contributed by atoms with Gasteiger partial charge in [0.25, 0.3) is 0 Å². The van der Waals surface area contributed by atoms with Gasteiger partial charge in [-0.3, -0.25) is 0 Å². The lowest BCUT2D eigenvalue weighted by atomic mass is 10.0. The Balaban J connectivity index is 2.95. The van der Waals surface area contributed by atoms with Crippen LogP contribution in [0.3, 0.4) is 0 Å². The van der Waals surface area contributed by atoms with Gasteiger partial charge in [0.2, 0.25) is 0 Å². The average Bonchev–Trinajstić information content (AvgIpc) is 2.40. The van der Waals surface area contributed by atoms with Crippen molar-refractivity contribution < 1.29 is 9.47 Å². The molecule has 104 valence electrons. The lowest BCUT2D eigenvalue weighted by Gasteiger charge is -2.14. The fourth-order valence-corrected chi connectivity index (χ4v) is 1.95. The molecule has 0 heterocycles. The number of ether oxygens (including phenoxy) is 2. The summed E-state index contributed by atoms with van der Waals surface area (Å²) in [4.78, 5) is 0. The van der Waals surface area contributed by atoms with Crippen molar-refractivity contribution in [2.45, 2.75) is 32.7 Å². The molecule has 1 atom stereocenters. The Labute approximate surface area is 120 Å². The minimum absolute atomic E-state index is 0.124. The van der Waals surface area contributed by atoms with E-state index in [1.807, 2.05) is 12.1 Å². The summed E-state index contributed by atoms with van der Waals surface area (Å²) in [5.41, 5.74) is 7.00. The van der Waals surface area contributed by atoms with E-state index in [1.165, 1.54) is 0 Å². The van der Waals surface area contributed by atoms with Gasteiger partial charge in [-0.1, -0.05) is 24.4 Å². The zero-order valence-corrected chi connectivity index (χ0v) is 12.4. The molecule has 0 fully saturated rings. The summed E-state index contributed by atoms with van der Waals surface area (Å²) in [5.74, 6) is 6.73. The Bertz CT molecular complexity index is 477. The molecule has 0 aliphatic rings. The minimum Gasteiger partial charge on any atom is -0.493 e. The Morgan fingerprint density at radius 2 is 2.16 bits per heavy atom. The van der Waals surface area contributed by atoms with Crippen LogP contribution in [0, 0.1) is 11.8 Å². The van der Waals surface area contributed by atoms with Gasteiger partial charge in [-0.05, 0) is 37.5 Å². The fraction of sp³-hybridized carbons (Fsp3) is 0.467. The van der Waals surface area contributed by atoms with Crippen LogP contribution in [0.4, 0.5) is 0 Å². The molecule has 0 amide bonds. The summed E-state index contributed by atoms with van der Waals surface area (Å²) in [6.45, 7) is 4.11. The van der Waals surface area contributed by atoms with Crippen LogP contribution in [-0.4, -0.2) is 19.8 Å². The van der Waals surface area contributed by atoms with E-state index in [0.29, 0.717) is 23.1 Å². The summed E-state index contributed by atoms with van der Waals surface area (Å²) in [7, 11) is 1.59. The van der Waals surface area contributed by atoms with Gasteiger partial charge >= 0.3 is 0 Å². The van der Waals surface area contributed by atoms with E-state index in [0.717, 1.165) is 18.4 Å². The summed E-state index contributed by atoms with van der Waals surface area (Å²) in [6.07, 6.45) is 1.69. The van der Waals surface area contributed by atoms with Crippen LogP contribution in [0.5, 0.6) is 11.5 Å². The fourth-order valence-electron chi connectivity index (χ4n) is 1.66. The van der Waals surface area contributed by atoms with E-state index in [4.69, 9.17) is 26.8 Å². The SMILES string of the molecule is CC#CCOc1c(Cl)cc(CC(N)CC)cc1OC. The topological polar surface area (TPSA) is 44.5 Å². The largest absolute Gasteiger partial charge is 0.493 e. The van der Waals surface area contributed by atoms with Crippen LogP contribution in [-0.2, 0) is 6.42 Å². The first kappa shape index (κ1) is 15.7. The highest BCUT2D eigenvalue weighted by molar-refractivity contribution is 6.32. The summed E-state index contributed by atoms with van der Waals surface area (Å²) >= 11 is 6.22. The number of rotatable bonds is 6. The molecular formula is C15H20ClNO2. The van der Waals surface area contributed by atoms with Gasteiger partial charge in [-0.2, -0.15) is 0 Å². The van der Waals surface area contributed by atoms with Crippen LogP contribution < -0.4 is 15.2 Å². The molecule has 1 aromatic carbocycles. The molecule has 4 heteroatoms. The second-order valence-corrected chi connectivity index (χ2v) is 4.60.